The third-order valence-corrected chi connectivity index (χ3v) is 6.15. The number of alkyl halides is 3. The number of hydrogen-bond acceptors (Lipinski definition) is 4. The Hall–Kier alpha value is -2.68. The van der Waals surface area contributed by atoms with Gasteiger partial charge < -0.3 is 4.90 Å². The summed E-state index contributed by atoms with van der Waals surface area (Å²) < 4.78 is 39.3. The number of aryl methyl sites for hydroxylation is 1. The van der Waals surface area contributed by atoms with Gasteiger partial charge in [0, 0.05) is 41.8 Å². The standard InChI is InChI=1S/C20H19F3N4OS/c1-13-12-29-18(24-13)14-6-9-26(10-7-14)19(28)15-2-4-16(5-3-15)27-11-8-17(25-27)20(21,22)23/h2-5,8,11-12,14H,6-7,9-10H2,1H3. The molecule has 152 valence electrons. The van der Waals surface area contributed by atoms with Gasteiger partial charge in [-0.3, -0.25) is 4.79 Å². The highest BCUT2D eigenvalue weighted by atomic mass is 32.1. The molecule has 1 saturated heterocycles. The zero-order valence-electron chi connectivity index (χ0n) is 15.7. The Balaban J connectivity index is 1.40. The molecular formula is C20H19F3N4OS. The van der Waals surface area contributed by atoms with Crippen molar-refractivity contribution in [2.45, 2.75) is 31.9 Å². The third kappa shape index (κ3) is 4.19. The van der Waals surface area contributed by atoms with E-state index in [4.69, 9.17) is 0 Å². The van der Waals surface area contributed by atoms with Crippen molar-refractivity contribution in [1.29, 1.82) is 0 Å². The first kappa shape index (κ1) is 19.6. The number of carbonyl (C=O) groups excluding carboxylic acids is 1. The van der Waals surface area contributed by atoms with Crippen molar-refractivity contribution in [3.8, 4) is 5.69 Å². The minimum Gasteiger partial charge on any atom is -0.339 e. The van der Waals surface area contributed by atoms with E-state index in [1.54, 1.807) is 35.6 Å². The van der Waals surface area contributed by atoms with Crippen LogP contribution in [0.3, 0.4) is 0 Å². The first-order valence-electron chi connectivity index (χ1n) is 9.26. The zero-order valence-corrected chi connectivity index (χ0v) is 16.5. The van der Waals surface area contributed by atoms with Crippen LogP contribution >= 0.6 is 11.3 Å². The van der Waals surface area contributed by atoms with E-state index in [2.05, 4.69) is 10.1 Å². The smallest absolute Gasteiger partial charge is 0.339 e. The molecule has 1 aromatic carbocycles. The number of aromatic nitrogens is 3. The molecule has 4 rings (SSSR count). The van der Waals surface area contributed by atoms with Crippen LogP contribution in [0, 0.1) is 6.92 Å². The van der Waals surface area contributed by atoms with Crippen LogP contribution in [-0.4, -0.2) is 38.7 Å². The second kappa shape index (κ2) is 7.62. The Labute approximate surface area is 169 Å². The fourth-order valence-corrected chi connectivity index (χ4v) is 4.42. The molecule has 0 spiro atoms. The Bertz CT molecular complexity index is 1000. The summed E-state index contributed by atoms with van der Waals surface area (Å²) in [6.45, 7) is 3.31. The van der Waals surface area contributed by atoms with Crippen LogP contribution < -0.4 is 0 Å². The molecule has 29 heavy (non-hydrogen) atoms. The van der Waals surface area contributed by atoms with E-state index in [0.717, 1.165) is 34.3 Å². The molecular weight excluding hydrogens is 401 g/mol. The van der Waals surface area contributed by atoms with Crippen molar-refractivity contribution in [3.63, 3.8) is 0 Å². The summed E-state index contributed by atoms with van der Waals surface area (Å²) in [5, 5.41) is 6.73. The van der Waals surface area contributed by atoms with Gasteiger partial charge in [0.1, 0.15) is 0 Å². The molecule has 0 radical (unpaired) electrons. The maximum absolute atomic E-state index is 12.8. The van der Waals surface area contributed by atoms with E-state index in [1.165, 1.54) is 6.20 Å². The lowest BCUT2D eigenvalue weighted by molar-refractivity contribution is -0.141. The fourth-order valence-electron chi connectivity index (χ4n) is 3.45. The van der Waals surface area contributed by atoms with E-state index in [0.29, 0.717) is 30.3 Å². The quantitative estimate of drug-likeness (QED) is 0.619. The van der Waals surface area contributed by atoms with Crippen molar-refractivity contribution >= 4 is 17.2 Å². The summed E-state index contributed by atoms with van der Waals surface area (Å²) in [4.78, 5) is 19.1. The van der Waals surface area contributed by atoms with Crippen molar-refractivity contribution in [2.75, 3.05) is 13.1 Å². The van der Waals surface area contributed by atoms with Gasteiger partial charge in [-0.25, -0.2) is 9.67 Å². The lowest BCUT2D eigenvalue weighted by Crippen LogP contribution is -2.37. The molecule has 3 heterocycles. The monoisotopic (exact) mass is 420 g/mol. The number of amides is 1. The van der Waals surface area contributed by atoms with Gasteiger partial charge in [-0.2, -0.15) is 18.3 Å². The van der Waals surface area contributed by atoms with Gasteiger partial charge in [0.05, 0.1) is 10.7 Å². The van der Waals surface area contributed by atoms with Gasteiger partial charge in [0.15, 0.2) is 5.69 Å². The minimum atomic E-state index is -4.48. The van der Waals surface area contributed by atoms with E-state index < -0.39 is 11.9 Å². The largest absolute Gasteiger partial charge is 0.435 e. The predicted molar refractivity (Wildman–Crippen MR) is 103 cm³/mol. The second-order valence-corrected chi connectivity index (χ2v) is 7.97. The van der Waals surface area contributed by atoms with E-state index in [9.17, 15) is 18.0 Å². The summed E-state index contributed by atoms with van der Waals surface area (Å²) in [5.74, 6) is 0.324. The fraction of sp³-hybridized carbons (Fsp3) is 0.350. The molecule has 1 aliphatic heterocycles. The summed E-state index contributed by atoms with van der Waals surface area (Å²) in [6, 6.07) is 7.38. The predicted octanol–water partition coefficient (Wildman–Crippen LogP) is 4.68. The summed E-state index contributed by atoms with van der Waals surface area (Å²) in [5.41, 5.74) is 1.06. The van der Waals surface area contributed by atoms with Crippen LogP contribution in [0.15, 0.2) is 41.9 Å². The van der Waals surface area contributed by atoms with Gasteiger partial charge in [-0.05, 0) is 50.1 Å². The van der Waals surface area contributed by atoms with E-state index in [-0.39, 0.29) is 5.91 Å². The average Bonchev–Trinajstić information content (AvgIpc) is 3.37. The summed E-state index contributed by atoms with van der Waals surface area (Å²) in [6.07, 6.45) is -1.47. The highest BCUT2D eigenvalue weighted by Gasteiger charge is 2.33. The molecule has 2 aromatic heterocycles. The summed E-state index contributed by atoms with van der Waals surface area (Å²) >= 11 is 1.67. The molecule has 0 saturated carbocycles. The van der Waals surface area contributed by atoms with Crippen molar-refractivity contribution in [2.24, 2.45) is 0 Å². The van der Waals surface area contributed by atoms with Crippen LogP contribution in [0.1, 0.15) is 45.5 Å². The number of thiazole rings is 1. The second-order valence-electron chi connectivity index (χ2n) is 7.08. The van der Waals surface area contributed by atoms with Crippen molar-refractivity contribution in [1.82, 2.24) is 19.7 Å². The maximum atomic E-state index is 12.8. The molecule has 0 aliphatic carbocycles. The Kier molecular flexibility index (Phi) is 5.16. The molecule has 0 N–H and O–H groups in total. The van der Waals surface area contributed by atoms with Crippen LogP contribution in [0.2, 0.25) is 0 Å². The molecule has 0 unspecified atom stereocenters. The van der Waals surface area contributed by atoms with Gasteiger partial charge >= 0.3 is 6.18 Å². The van der Waals surface area contributed by atoms with Gasteiger partial charge in [0.2, 0.25) is 0 Å². The molecule has 9 heteroatoms. The highest BCUT2D eigenvalue weighted by Crippen LogP contribution is 2.31. The van der Waals surface area contributed by atoms with Gasteiger partial charge in [0.25, 0.3) is 5.91 Å². The van der Waals surface area contributed by atoms with Crippen LogP contribution in [-0.2, 0) is 6.18 Å². The molecule has 1 fully saturated rings. The Morgan fingerprint density at radius 2 is 1.83 bits per heavy atom. The van der Waals surface area contributed by atoms with Crippen LogP contribution in [0.5, 0.6) is 0 Å². The first-order valence-corrected chi connectivity index (χ1v) is 10.1. The SMILES string of the molecule is Cc1csc(C2CCN(C(=O)c3ccc(-n4ccc(C(F)(F)F)n4)cc3)CC2)n1. The topological polar surface area (TPSA) is 51.0 Å². The van der Waals surface area contributed by atoms with Crippen LogP contribution in [0.25, 0.3) is 5.69 Å². The van der Waals surface area contributed by atoms with E-state index in [1.807, 2.05) is 17.2 Å². The molecule has 5 nitrogen and oxygen atoms in total. The lowest BCUT2D eigenvalue weighted by Gasteiger charge is -2.31. The number of benzene rings is 1. The Morgan fingerprint density at radius 1 is 1.14 bits per heavy atom. The molecule has 3 aromatic rings. The minimum absolute atomic E-state index is 0.0678. The summed E-state index contributed by atoms with van der Waals surface area (Å²) in [7, 11) is 0. The number of likely N-dealkylation sites (tertiary alicyclic amines) is 1. The van der Waals surface area contributed by atoms with E-state index >= 15 is 0 Å². The lowest BCUT2D eigenvalue weighted by atomic mass is 9.97. The molecule has 0 atom stereocenters. The normalized spacial score (nSPS) is 15.7. The number of rotatable bonds is 3. The Morgan fingerprint density at radius 3 is 2.38 bits per heavy atom. The molecule has 1 aliphatic rings. The number of hydrogen-bond donors (Lipinski definition) is 0. The number of nitrogens with zero attached hydrogens (tertiary/aromatic N) is 4. The number of piperidine rings is 1. The number of halogens is 3. The first-order chi connectivity index (χ1) is 13.8. The van der Waals surface area contributed by atoms with Crippen molar-refractivity contribution < 1.29 is 18.0 Å². The van der Waals surface area contributed by atoms with Gasteiger partial charge in [-0.15, -0.1) is 11.3 Å². The number of carbonyl (C=O) groups is 1. The van der Waals surface area contributed by atoms with Crippen LogP contribution in [0.4, 0.5) is 13.2 Å². The average molecular weight is 420 g/mol. The molecule has 0 bridgehead atoms. The van der Waals surface area contributed by atoms with Crippen molar-refractivity contribution in [3.05, 3.63) is 63.9 Å². The highest BCUT2D eigenvalue weighted by molar-refractivity contribution is 7.09. The van der Waals surface area contributed by atoms with Gasteiger partial charge in [-0.1, -0.05) is 0 Å². The maximum Gasteiger partial charge on any atom is 0.435 e. The zero-order chi connectivity index (χ0) is 20.6. The molecule has 1 amide bonds. The third-order valence-electron chi connectivity index (χ3n) is 5.03.